The minimum Gasteiger partial charge on any atom is -0.291 e. The average molecular weight is 601 g/mol. The molecule has 1 aliphatic heterocycles. The molecular formula is C22H17Br2ClN2O4S. The summed E-state index contributed by atoms with van der Waals surface area (Å²) in [5.74, 6) is -2.68. The fourth-order valence-corrected chi connectivity index (χ4v) is 7.85. The van der Waals surface area contributed by atoms with Gasteiger partial charge in [-0.2, -0.15) is 5.01 Å². The Bertz CT molecular complexity index is 1080. The minimum absolute atomic E-state index is 0.0105. The van der Waals surface area contributed by atoms with E-state index in [1.807, 2.05) is 0 Å². The summed E-state index contributed by atoms with van der Waals surface area (Å²) in [7, 11) is 0. The van der Waals surface area contributed by atoms with E-state index in [-0.39, 0.29) is 32.8 Å². The number of thiophene rings is 1. The molecule has 2 aliphatic carbocycles. The second-order valence-electron chi connectivity index (χ2n) is 8.26. The lowest BCUT2D eigenvalue weighted by Crippen LogP contribution is -2.52. The first kappa shape index (κ1) is 22.3. The molecule has 2 bridgehead atoms. The quantitative estimate of drug-likeness (QED) is 0.290. The number of halogens is 3. The lowest BCUT2D eigenvalue weighted by Gasteiger charge is -2.30. The van der Waals surface area contributed by atoms with Crippen molar-refractivity contribution in [1.82, 2.24) is 10.0 Å². The van der Waals surface area contributed by atoms with Crippen molar-refractivity contribution in [3.05, 3.63) is 57.2 Å². The van der Waals surface area contributed by atoms with Crippen LogP contribution in [0.2, 0.25) is 5.02 Å². The zero-order chi connectivity index (χ0) is 22.7. The van der Waals surface area contributed by atoms with Crippen LogP contribution < -0.4 is 0 Å². The number of hydrogen-bond acceptors (Lipinski definition) is 5. The molecule has 1 aromatic carbocycles. The molecule has 0 N–H and O–H groups in total. The van der Waals surface area contributed by atoms with Gasteiger partial charge in [0.05, 0.1) is 16.7 Å². The van der Waals surface area contributed by atoms with Crippen molar-refractivity contribution in [3.63, 3.8) is 0 Å². The minimum atomic E-state index is -0.591. The van der Waals surface area contributed by atoms with E-state index in [4.69, 9.17) is 11.6 Å². The zero-order valence-corrected chi connectivity index (χ0v) is 21.2. The predicted octanol–water partition coefficient (Wildman–Crippen LogP) is 4.42. The Balaban J connectivity index is 1.51. The average Bonchev–Trinajstić information content (AvgIpc) is 3.54. The van der Waals surface area contributed by atoms with Gasteiger partial charge in [-0.1, -0.05) is 49.5 Å². The summed E-state index contributed by atoms with van der Waals surface area (Å²) in [5.41, 5.74) is 0.241. The molecule has 6 atom stereocenters. The molecule has 2 saturated carbocycles. The highest BCUT2D eigenvalue weighted by Crippen LogP contribution is 2.60. The van der Waals surface area contributed by atoms with Gasteiger partial charge in [0.2, 0.25) is 0 Å². The number of nitrogens with zero attached hydrogens (tertiary/aromatic N) is 2. The van der Waals surface area contributed by atoms with Gasteiger partial charge in [-0.05, 0) is 54.0 Å². The third kappa shape index (κ3) is 3.40. The van der Waals surface area contributed by atoms with Crippen LogP contribution in [0.25, 0.3) is 0 Å². The van der Waals surface area contributed by atoms with E-state index in [0.717, 1.165) is 16.4 Å². The Labute approximate surface area is 210 Å². The molecule has 3 fully saturated rings. The standard InChI is InChI=1S/C22H17Br2ClN2O4S/c23-18-12-8-13(19(18)24)17-16(12)21(30)27(22(17)31)26(9-14(28)15-2-1-7-32-15)20(29)10-3-5-11(25)6-4-10/h1-7,12-13,16-19H,8-9H2/t12-,13-,16-,17+,18-,19+/m1/s1. The van der Waals surface area contributed by atoms with Crippen LogP contribution in [-0.4, -0.2) is 49.7 Å². The number of Topliss-reactive ketones (excluding diaryl/α,β-unsaturated/α-hetero) is 1. The molecule has 0 spiro atoms. The van der Waals surface area contributed by atoms with Crippen molar-refractivity contribution in [2.75, 3.05) is 6.54 Å². The van der Waals surface area contributed by atoms with Crippen LogP contribution in [0.5, 0.6) is 0 Å². The Morgan fingerprint density at radius 2 is 1.62 bits per heavy atom. The van der Waals surface area contributed by atoms with E-state index < -0.39 is 36.1 Å². The monoisotopic (exact) mass is 598 g/mol. The topological polar surface area (TPSA) is 74.8 Å². The van der Waals surface area contributed by atoms with Gasteiger partial charge in [0.25, 0.3) is 17.7 Å². The van der Waals surface area contributed by atoms with Gasteiger partial charge in [0.15, 0.2) is 5.78 Å². The van der Waals surface area contributed by atoms with Gasteiger partial charge in [-0.3, -0.25) is 19.2 Å². The molecular weight excluding hydrogens is 584 g/mol. The van der Waals surface area contributed by atoms with Gasteiger partial charge in [-0.25, -0.2) is 5.01 Å². The zero-order valence-electron chi connectivity index (χ0n) is 16.5. The number of amides is 3. The molecule has 5 rings (SSSR count). The summed E-state index contributed by atoms with van der Waals surface area (Å²) in [6.45, 7) is -0.399. The molecule has 1 aromatic heterocycles. The number of alkyl halides is 2. The SMILES string of the molecule is O=C(CN(C(=O)c1ccc(Cl)cc1)N1C(=O)[C@@H]2[C@H]3C[C@@H]([C@H](Br)[C@@H]3Br)[C@@H]2C1=O)c1cccs1. The fourth-order valence-electron chi connectivity index (χ4n) is 5.20. The largest absolute Gasteiger partial charge is 0.291 e. The van der Waals surface area contributed by atoms with E-state index in [0.29, 0.717) is 9.90 Å². The van der Waals surface area contributed by atoms with Gasteiger partial charge in [-0.15, -0.1) is 11.3 Å². The third-order valence-electron chi connectivity index (χ3n) is 6.62. The summed E-state index contributed by atoms with van der Waals surface area (Å²) in [6.07, 6.45) is 0.783. The molecule has 3 aliphatic rings. The van der Waals surface area contributed by atoms with Crippen LogP contribution in [0.4, 0.5) is 0 Å². The first-order chi connectivity index (χ1) is 15.3. The molecule has 3 amide bonds. The van der Waals surface area contributed by atoms with Crippen molar-refractivity contribution < 1.29 is 19.2 Å². The van der Waals surface area contributed by atoms with E-state index in [1.165, 1.54) is 23.5 Å². The van der Waals surface area contributed by atoms with Crippen LogP contribution >= 0.6 is 54.8 Å². The summed E-state index contributed by atoms with van der Waals surface area (Å²) in [4.78, 5) is 53.9. The van der Waals surface area contributed by atoms with Crippen molar-refractivity contribution in [3.8, 4) is 0 Å². The Hall–Kier alpha value is -1.55. The van der Waals surface area contributed by atoms with Gasteiger partial charge in [0, 0.05) is 20.2 Å². The first-order valence-corrected chi connectivity index (χ1v) is 13.2. The number of ketones is 1. The number of carbonyl (C=O) groups excluding carboxylic acids is 4. The molecule has 6 nitrogen and oxygen atoms in total. The Kier molecular flexibility index (Phi) is 5.80. The first-order valence-electron chi connectivity index (χ1n) is 10.1. The fraction of sp³-hybridized carbons (Fsp3) is 0.364. The highest BCUT2D eigenvalue weighted by molar-refractivity contribution is 9.12. The number of hydrazine groups is 1. The maximum absolute atomic E-state index is 13.5. The predicted molar refractivity (Wildman–Crippen MR) is 127 cm³/mol. The molecule has 10 heteroatoms. The Morgan fingerprint density at radius 1 is 1.03 bits per heavy atom. The summed E-state index contributed by atoms with van der Waals surface area (Å²) >= 11 is 14.5. The van der Waals surface area contributed by atoms with Crippen LogP contribution in [0.3, 0.4) is 0 Å². The highest BCUT2D eigenvalue weighted by Gasteiger charge is 2.67. The number of carbonyl (C=O) groups is 4. The van der Waals surface area contributed by atoms with E-state index in [1.54, 1.807) is 29.6 Å². The summed E-state index contributed by atoms with van der Waals surface area (Å²) in [6, 6.07) is 9.55. The van der Waals surface area contributed by atoms with Gasteiger partial charge in [0.1, 0.15) is 6.54 Å². The van der Waals surface area contributed by atoms with Gasteiger partial charge >= 0.3 is 0 Å². The second kappa shape index (κ2) is 8.34. The number of fused-ring (bicyclic) bond motifs is 5. The van der Waals surface area contributed by atoms with Gasteiger partial charge < -0.3 is 0 Å². The third-order valence-corrected chi connectivity index (χ3v) is 11.0. The summed E-state index contributed by atoms with van der Waals surface area (Å²) in [5, 5.41) is 4.16. The maximum atomic E-state index is 13.5. The van der Waals surface area contributed by atoms with Crippen molar-refractivity contribution in [2.45, 2.75) is 16.1 Å². The molecule has 2 aromatic rings. The van der Waals surface area contributed by atoms with Crippen LogP contribution in [0.15, 0.2) is 41.8 Å². The normalized spacial score (nSPS) is 30.7. The maximum Gasteiger partial charge on any atom is 0.273 e. The number of benzene rings is 1. The van der Waals surface area contributed by atoms with Crippen LogP contribution in [-0.2, 0) is 9.59 Å². The van der Waals surface area contributed by atoms with E-state index >= 15 is 0 Å². The van der Waals surface area contributed by atoms with Crippen molar-refractivity contribution >= 4 is 78.3 Å². The smallest absolute Gasteiger partial charge is 0.273 e. The molecule has 2 heterocycles. The number of hydrogen-bond donors (Lipinski definition) is 0. The van der Waals surface area contributed by atoms with E-state index in [2.05, 4.69) is 31.9 Å². The van der Waals surface area contributed by atoms with Crippen LogP contribution in [0.1, 0.15) is 26.5 Å². The second-order valence-corrected chi connectivity index (χ2v) is 11.8. The summed E-state index contributed by atoms with van der Waals surface area (Å²) < 4.78 is 0. The lowest BCUT2D eigenvalue weighted by atomic mass is 9.81. The van der Waals surface area contributed by atoms with E-state index in [9.17, 15) is 19.2 Å². The lowest BCUT2D eigenvalue weighted by molar-refractivity contribution is -0.154. The number of rotatable bonds is 5. The van der Waals surface area contributed by atoms with Crippen molar-refractivity contribution in [2.24, 2.45) is 23.7 Å². The highest BCUT2D eigenvalue weighted by atomic mass is 79.9. The van der Waals surface area contributed by atoms with Crippen molar-refractivity contribution in [1.29, 1.82) is 0 Å². The molecule has 166 valence electrons. The molecule has 0 unspecified atom stereocenters. The molecule has 1 saturated heterocycles. The molecule has 32 heavy (non-hydrogen) atoms. The van der Waals surface area contributed by atoms with Crippen LogP contribution in [0, 0.1) is 23.7 Å². The number of imide groups is 1. The Morgan fingerprint density at radius 3 is 2.16 bits per heavy atom. The molecule has 0 radical (unpaired) electrons.